The Balaban J connectivity index is 2.86. The van der Waals surface area contributed by atoms with Crippen LogP contribution in [0.1, 0.15) is 12.5 Å². The number of anilines is 1. The molecule has 0 amide bonds. The lowest BCUT2D eigenvalue weighted by Gasteiger charge is -2.01. The Morgan fingerprint density at radius 1 is 1.73 bits per heavy atom. The maximum atomic E-state index is 5.55. The van der Waals surface area contributed by atoms with Crippen LogP contribution in [-0.4, -0.2) is 10.2 Å². The van der Waals surface area contributed by atoms with Crippen LogP contribution >= 0.6 is 0 Å². The van der Waals surface area contributed by atoms with Crippen molar-refractivity contribution in [1.29, 1.82) is 0 Å². The molecule has 3 nitrogen and oxygen atoms in total. The Morgan fingerprint density at radius 2 is 2.45 bits per heavy atom. The normalized spacial score (nSPS) is 9.55. The molecule has 2 N–H and O–H groups in total. The van der Waals surface area contributed by atoms with Gasteiger partial charge in [-0.25, -0.2) is 0 Å². The van der Waals surface area contributed by atoms with E-state index in [1.54, 1.807) is 6.20 Å². The van der Waals surface area contributed by atoms with Gasteiger partial charge in [0.2, 0.25) is 0 Å². The van der Waals surface area contributed by atoms with Crippen molar-refractivity contribution in [2.75, 3.05) is 5.73 Å². The van der Waals surface area contributed by atoms with E-state index in [0.717, 1.165) is 17.6 Å². The lowest BCUT2D eigenvalue weighted by molar-refractivity contribution is 1.00. The highest BCUT2D eigenvalue weighted by atomic mass is 15.1. The largest absolute Gasteiger partial charge is 0.382 e. The number of nitrogens with two attached hydrogens (primary N) is 1. The van der Waals surface area contributed by atoms with Crippen molar-refractivity contribution >= 4 is 5.82 Å². The second-order valence-corrected chi connectivity index (χ2v) is 2.58. The van der Waals surface area contributed by atoms with E-state index in [4.69, 9.17) is 5.73 Å². The van der Waals surface area contributed by atoms with E-state index in [2.05, 4.69) is 16.8 Å². The summed E-state index contributed by atoms with van der Waals surface area (Å²) in [6, 6.07) is 1.86. The minimum atomic E-state index is 0.496. The maximum absolute atomic E-state index is 5.55. The van der Waals surface area contributed by atoms with Gasteiger partial charge in [-0.2, -0.15) is 5.10 Å². The highest BCUT2D eigenvalue weighted by molar-refractivity contribution is 5.38. The third kappa shape index (κ3) is 2.04. The van der Waals surface area contributed by atoms with Crippen LogP contribution in [-0.2, 0) is 6.42 Å². The minimum Gasteiger partial charge on any atom is -0.382 e. The standard InChI is InChI=1S/C8H11N3/c1-6(2)5-7-3-4-10-11-8(7)9/h3-4H,1,5H2,2H3,(H2,9,11). The third-order valence-electron chi connectivity index (χ3n) is 1.33. The van der Waals surface area contributed by atoms with E-state index < -0.39 is 0 Å². The maximum Gasteiger partial charge on any atom is 0.149 e. The molecule has 1 rings (SSSR count). The van der Waals surface area contributed by atoms with E-state index in [1.165, 1.54) is 0 Å². The fourth-order valence-electron chi connectivity index (χ4n) is 0.843. The fourth-order valence-corrected chi connectivity index (χ4v) is 0.843. The van der Waals surface area contributed by atoms with Crippen molar-refractivity contribution in [3.8, 4) is 0 Å². The molecule has 3 heteroatoms. The Bertz CT molecular complexity index is 268. The molecule has 0 radical (unpaired) electrons. The van der Waals surface area contributed by atoms with Gasteiger partial charge in [0.15, 0.2) is 0 Å². The molecule has 0 fully saturated rings. The van der Waals surface area contributed by atoms with Crippen LogP contribution in [0, 0.1) is 0 Å². The molecule has 0 aliphatic rings. The predicted octanol–water partition coefficient (Wildman–Crippen LogP) is 1.18. The Kier molecular flexibility index (Phi) is 2.21. The highest BCUT2D eigenvalue weighted by Gasteiger charge is 1.98. The molecule has 0 unspecified atom stereocenters. The molecule has 0 aliphatic heterocycles. The van der Waals surface area contributed by atoms with E-state index >= 15 is 0 Å². The molecule has 0 saturated heterocycles. The first kappa shape index (κ1) is 7.72. The molecular formula is C8H11N3. The average molecular weight is 149 g/mol. The van der Waals surface area contributed by atoms with Gasteiger partial charge in [0.25, 0.3) is 0 Å². The van der Waals surface area contributed by atoms with Crippen LogP contribution in [0.4, 0.5) is 5.82 Å². The molecular weight excluding hydrogens is 138 g/mol. The predicted molar refractivity (Wildman–Crippen MR) is 45.0 cm³/mol. The zero-order valence-corrected chi connectivity index (χ0v) is 6.54. The van der Waals surface area contributed by atoms with Gasteiger partial charge in [0, 0.05) is 5.56 Å². The first-order valence-electron chi connectivity index (χ1n) is 3.40. The summed E-state index contributed by atoms with van der Waals surface area (Å²) in [7, 11) is 0. The van der Waals surface area contributed by atoms with Crippen LogP contribution in [0.3, 0.4) is 0 Å². The van der Waals surface area contributed by atoms with Crippen molar-refractivity contribution in [3.63, 3.8) is 0 Å². The molecule has 11 heavy (non-hydrogen) atoms. The van der Waals surface area contributed by atoms with Gasteiger partial charge in [-0.1, -0.05) is 12.2 Å². The molecule has 0 atom stereocenters. The Morgan fingerprint density at radius 3 is 3.00 bits per heavy atom. The Labute approximate surface area is 65.9 Å². The number of aromatic nitrogens is 2. The van der Waals surface area contributed by atoms with E-state index in [-0.39, 0.29) is 0 Å². The smallest absolute Gasteiger partial charge is 0.149 e. The third-order valence-corrected chi connectivity index (χ3v) is 1.33. The zero-order valence-electron chi connectivity index (χ0n) is 6.54. The van der Waals surface area contributed by atoms with Crippen molar-refractivity contribution in [3.05, 3.63) is 30.0 Å². The second kappa shape index (κ2) is 3.14. The van der Waals surface area contributed by atoms with E-state index in [0.29, 0.717) is 5.82 Å². The molecule has 0 bridgehead atoms. The SMILES string of the molecule is C=C(C)Cc1ccnnc1N. The van der Waals surface area contributed by atoms with Crippen LogP contribution in [0.25, 0.3) is 0 Å². The molecule has 1 aromatic rings. The quantitative estimate of drug-likeness (QED) is 0.642. The topological polar surface area (TPSA) is 51.8 Å². The van der Waals surface area contributed by atoms with Crippen LogP contribution in [0.2, 0.25) is 0 Å². The summed E-state index contributed by atoms with van der Waals surface area (Å²) in [6.45, 7) is 5.75. The number of hydrogen-bond donors (Lipinski definition) is 1. The van der Waals surface area contributed by atoms with Gasteiger partial charge in [-0.05, 0) is 19.4 Å². The summed E-state index contributed by atoms with van der Waals surface area (Å²) in [4.78, 5) is 0. The fraction of sp³-hybridized carbons (Fsp3) is 0.250. The van der Waals surface area contributed by atoms with Crippen molar-refractivity contribution in [1.82, 2.24) is 10.2 Å². The van der Waals surface area contributed by atoms with E-state index in [1.807, 2.05) is 13.0 Å². The molecule has 58 valence electrons. The van der Waals surface area contributed by atoms with Crippen molar-refractivity contribution in [2.24, 2.45) is 0 Å². The van der Waals surface area contributed by atoms with E-state index in [9.17, 15) is 0 Å². The van der Waals surface area contributed by atoms with Crippen LogP contribution in [0.15, 0.2) is 24.4 Å². The first-order chi connectivity index (χ1) is 5.20. The number of hydrogen-bond acceptors (Lipinski definition) is 3. The van der Waals surface area contributed by atoms with Gasteiger partial charge in [0.1, 0.15) is 5.82 Å². The van der Waals surface area contributed by atoms with Gasteiger partial charge in [0.05, 0.1) is 6.20 Å². The zero-order chi connectivity index (χ0) is 8.27. The summed E-state index contributed by atoms with van der Waals surface area (Å²) in [5, 5.41) is 7.37. The second-order valence-electron chi connectivity index (χ2n) is 2.58. The summed E-state index contributed by atoms with van der Waals surface area (Å²) in [5.41, 5.74) is 7.62. The average Bonchev–Trinajstić information content (AvgIpc) is 1.93. The number of rotatable bonds is 2. The van der Waals surface area contributed by atoms with Gasteiger partial charge >= 0.3 is 0 Å². The first-order valence-corrected chi connectivity index (χ1v) is 3.40. The molecule has 1 heterocycles. The van der Waals surface area contributed by atoms with Crippen LogP contribution in [0.5, 0.6) is 0 Å². The summed E-state index contributed by atoms with van der Waals surface area (Å²) in [5.74, 6) is 0.496. The molecule has 0 saturated carbocycles. The lowest BCUT2D eigenvalue weighted by Crippen LogP contribution is -1.99. The highest BCUT2D eigenvalue weighted by Crippen LogP contribution is 2.09. The monoisotopic (exact) mass is 149 g/mol. The number of nitrogen functional groups attached to an aromatic ring is 1. The molecule has 0 aliphatic carbocycles. The summed E-state index contributed by atoms with van der Waals surface area (Å²) >= 11 is 0. The van der Waals surface area contributed by atoms with Gasteiger partial charge in [-0.15, -0.1) is 5.10 Å². The van der Waals surface area contributed by atoms with Crippen LogP contribution < -0.4 is 5.73 Å². The van der Waals surface area contributed by atoms with Gasteiger partial charge in [-0.3, -0.25) is 0 Å². The number of allylic oxidation sites excluding steroid dienone is 1. The minimum absolute atomic E-state index is 0.496. The number of nitrogens with zero attached hydrogens (tertiary/aromatic N) is 2. The van der Waals surface area contributed by atoms with Crippen molar-refractivity contribution in [2.45, 2.75) is 13.3 Å². The molecule has 0 aromatic carbocycles. The Hall–Kier alpha value is -1.38. The summed E-state index contributed by atoms with van der Waals surface area (Å²) < 4.78 is 0. The summed E-state index contributed by atoms with van der Waals surface area (Å²) in [6.07, 6.45) is 2.41. The lowest BCUT2D eigenvalue weighted by atomic mass is 10.1. The molecule has 0 spiro atoms. The van der Waals surface area contributed by atoms with Crippen molar-refractivity contribution < 1.29 is 0 Å². The molecule has 1 aromatic heterocycles. The van der Waals surface area contributed by atoms with Gasteiger partial charge < -0.3 is 5.73 Å².